The standard InChI is InChI=1S/C23H30N8/c1-13-7-16(24)8-21(26-13)15(3)27-23-19-9-22(25-10-20(19)14(2)28-29-23)31-12-17-5-6-18(31)11-30(17)4/h7-10,15,17-18H,5-6,11-12H2,1-4H3,(H2,24,26)(H,27,29)/t15-,17-,18?/m1/s1. The fourth-order valence-electron chi connectivity index (χ4n) is 4.97. The number of nitrogens with zero attached hydrogens (tertiary/aromatic N) is 6. The lowest BCUT2D eigenvalue weighted by atomic mass is 9.91. The second kappa shape index (κ2) is 7.60. The number of pyridine rings is 2. The molecule has 31 heavy (non-hydrogen) atoms. The van der Waals surface area contributed by atoms with Gasteiger partial charge in [0, 0.05) is 53.5 Å². The summed E-state index contributed by atoms with van der Waals surface area (Å²) < 4.78 is 0. The Morgan fingerprint density at radius 2 is 1.87 bits per heavy atom. The summed E-state index contributed by atoms with van der Waals surface area (Å²) >= 11 is 0. The van der Waals surface area contributed by atoms with Crippen molar-refractivity contribution in [3.63, 3.8) is 0 Å². The Hall–Kier alpha value is -3.00. The summed E-state index contributed by atoms with van der Waals surface area (Å²) in [6.45, 7) is 8.12. The molecule has 3 aliphatic rings. The van der Waals surface area contributed by atoms with Gasteiger partial charge in [0.15, 0.2) is 5.82 Å². The van der Waals surface area contributed by atoms with Crippen molar-refractivity contribution in [3.8, 4) is 0 Å². The number of likely N-dealkylation sites (N-methyl/N-ethyl adjacent to an activating group) is 1. The second-order valence-electron chi connectivity index (χ2n) is 9.03. The zero-order chi connectivity index (χ0) is 21.7. The van der Waals surface area contributed by atoms with Crippen molar-refractivity contribution in [1.82, 2.24) is 25.1 Å². The van der Waals surface area contributed by atoms with Crippen LogP contribution in [-0.2, 0) is 0 Å². The SMILES string of the molecule is Cc1cc(N)cc([C@@H](C)Nc2nnc(C)c3cnc(N4C[C@H]5CCC4CN5C)cc23)n1. The lowest BCUT2D eigenvalue weighted by Crippen LogP contribution is -2.61. The Labute approximate surface area is 182 Å². The molecule has 162 valence electrons. The van der Waals surface area contributed by atoms with Gasteiger partial charge < -0.3 is 16.0 Å². The van der Waals surface area contributed by atoms with Crippen LogP contribution in [0.15, 0.2) is 24.4 Å². The summed E-state index contributed by atoms with van der Waals surface area (Å²) in [5, 5.41) is 14.4. The number of fused-ring (bicyclic) bond motifs is 4. The number of piperidine rings is 2. The van der Waals surface area contributed by atoms with Gasteiger partial charge in [0.05, 0.1) is 17.4 Å². The number of nitrogens with two attached hydrogens (primary N) is 1. The molecule has 8 heteroatoms. The molecule has 2 bridgehead atoms. The van der Waals surface area contributed by atoms with E-state index in [1.54, 1.807) is 0 Å². The monoisotopic (exact) mass is 418 g/mol. The van der Waals surface area contributed by atoms with E-state index in [9.17, 15) is 0 Å². The fraction of sp³-hybridized carbons (Fsp3) is 0.478. The highest BCUT2D eigenvalue weighted by Crippen LogP contribution is 2.34. The van der Waals surface area contributed by atoms with Crippen molar-refractivity contribution < 1.29 is 0 Å². The summed E-state index contributed by atoms with van der Waals surface area (Å²) in [6.07, 6.45) is 4.44. The van der Waals surface area contributed by atoms with Gasteiger partial charge in [0.25, 0.3) is 0 Å². The van der Waals surface area contributed by atoms with Gasteiger partial charge in [-0.05, 0) is 58.9 Å². The summed E-state index contributed by atoms with van der Waals surface area (Å²) in [5.74, 6) is 1.77. The van der Waals surface area contributed by atoms with Crippen LogP contribution in [0.5, 0.6) is 0 Å². The van der Waals surface area contributed by atoms with Gasteiger partial charge in [0.1, 0.15) is 5.82 Å². The molecule has 0 radical (unpaired) electrons. The summed E-state index contributed by atoms with van der Waals surface area (Å²) in [6, 6.07) is 7.02. The first kappa shape index (κ1) is 19.9. The average Bonchev–Trinajstić information content (AvgIpc) is 2.75. The van der Waals surface area contributed by atoms with E-state index in [0.29, 0.717) is 17.8 Å². The van der Waals surface area contributed by atoms with Crippen molar-refractivity contribution in [1.29, 1.82) is 0 Å². The molecule has 3 aromatic heterocycles. The van der Waals surface area contributed by atoms with E-state index in [1.165, 1.54) is 12.8 Å². The molecule has 0 aromatic carbocycles. The number of piperazine rings is 1. The molecule has 3 saturated heterocycles. The number of aromatic nitrogens is 4. The molecule has 3 fully saturated rings. The number of aryl methyl sites for hydroxylation is 2. The third kappa shape index (κ3) is 3.65. The predicted molar refractivity (Wildman–Crippen MR) is 124 cm³/mol. The van der Waals surface area contributed by atoms with Gasteiger partial charge in [-0.15, -0.1) is 5.10 Å². The maximum atomic E-state index is 6.03. The Kier molecular flexibility index (Phi) is 4.89. The van der Waals surface area contributed by atoms with Crippen LogP contribution in [-0.4, -0.2) is 57.3 Å². The van der Waals surface area contributed by atoms with Crippen LogP contribution in [0, 0.1) is 13.8 Å². The number of hydrogen-bond donors (Lipinski definition) is 2. The van der Waals surface area contributed by atoms with E-state index in [-0.39, 0.29) is 6.04 Å². The van der Waals surface area contributed by atoms with Crippen molar-refractivity contribution in [2.45, 2.75) is 51.7 Å². The van der Waals surface area contributed by atoms with Gasteiger partial charge in [-0.25, -0.2) is 4.98 Å². The van der Waals surface area contributed by atoms with Gasteiger partial charge in [-0.2, -0.15) is 5.10 Å². The minimum atomic E-state index is -0.0568. The molecule has 1 unspecified atom stereocenters. The van der Waals surface area contributed by atoms with Crippen LogP contribution >= 0.6 is 0 Å². The van der Waals surface area contributed by atoms with Crippen molar-refractivity contribution >= 4 is 28.1 Å². The molecule has 0 spiro atoms. The first-order valence-corrected chi connectivity index (χ1v) is 11.0. The van der Waals surface area contributed by atoms with E-state index in [2.05, 4.69) is 50.3 Å². The van der Waals surface area contributed by atoms with Crippen LogP contribution < -0.4 is 16.0 Å². The first-order valence-electron chi connectivity index (χ1n) is 11.0. The number of hydrogen-bond acceptors (Lipinski definition) is 8. The lowest BCUT2D eigenvalue weighted by molar-refractivity contribution is 0.124. The normalized spacial score (nSPS) is 22.1. The molecule has 3 atom stereocenters. The van der Waals surface area contributed by atoms with Crippen LogP contribution in [0.4, 0.5) is 17.3 Å². The highest BCUT2D eigenvalue weighted by atomic mass is 15.3. The molecule has 0 saturated carbocycles. The summed E-state index contributed by atoms with van der Waals surface area (Å²) in [7, 11) is 2.23. The summed E-state index contributed by atoms with van der Waals surface area (Å²) in [5.41, 5.74) is 9.42. The highest BCUT2D eigenvalue weighted by Gasteiger charge is 2.37. The maximum Gasteiger partial charge on any atom is 0.157 e. The fourth-order valence-corrected chi connectivity index (χ4v) is 4.97. The van der Waals surface area contributed by atoms with E-state index in [1.807, 2.05) is 32.2 Å². The largest absolute Gasteiger partial charge is 0.399 e. The quantitative estimate of drug-likeness (QED) is 0.667. The zero-order valence-corrected chi connectivity index (χ0v) is 18.6. The molecule has 3 aliphatic heterocycles. The topological polar surface area (TPSA) is 96.1 Å². The number of rotatable bonds is 4. The van der Waals surface area contributed by atoms with E-state index < -0.39 is 0 Å². The molecule has 8 nitrogen and oxygen atoms in total. The average molecular weight is 419 g/mol. The van der Waals surface area contributed by atoms with Gasteiger partial charge in [0.2, 0.25) is 0 Å². The Morgan fingerprint density at radius 1 is 1.06 bits per heavy atom. The van der Waals surface area contributed by atoms with Crippen molar-refractivity contribution in [2.75, 3.05) is 36.1 Å². The molecule has 6 heterocycles. The molecular weight excluding hydrogens is 388 g/mol. The molecule has 6 rings (SSSR count). The third-order valence-electron chi connectivity index (χ3n) is 6.72. The lowest BCUT2D eigenvalue weighted by Gasteiger charge is -2.50. The van der Waals surface area contributed by atoms with Gasteiger partial charge in [-0.1, -0.05) is 0 Å². The smallest absolute Gasteiger partial charge is 0.157 e. The predicted octanol–water partition coefficient (Wildman–Crippen LogP) is 3.07. The number of nitrogens with one attached hydrogen (secondary N) is 1. The van der Waals surface area contributed by atoms with Gasteiger partial charge in [-0.3, -0.25) is 9.88 Å². The molecule has 3 N–H and O–H groups in total. The number of nitrogen functional groups attached to an aromatic ring is 1. The van der Waals surface area contributed by atoms with Gasteiger partial charge >= 0.3 is 0 Å². The molecule has 3 aromatic rings. The Bertz CT molecular complexity index is 1110. The van der Waals surface area contributed by atoms with Crippen molar-refractivity contribution in [3.05, 3.63) is 41.5 Å². The minimum Gasteiger partial charge on any atom is -0.399 e. The molecule has 0 amide bonds. The molecule has 0 aliphatic carbocycles. The summed E-state index contributed by atoms with van der Waals surface area (Å²) in [4.78, 5) is 14.4. The van der Waals surface area contributed by atoms with Crippen LogP contribution in [0.3, 0.4) is 0 Å². The Balaban J connectivity index is 1.50. The Morgan fingerprint density at radius 3 is 2.58 bits per heavy atom. The molecular formula is C23H30N8. The highest BCUT2D eigenvalue weighted by molar-refractivity contribution is 5.94. The van der Waals surface area contributed by atoms with Crippen LogP contribution in [0.1, 0.15) is 42.9 Å². The van der Waals surface area contributed by atoms with Crippen LogP contribution in [0.25, 0.3) is 10.8 Å². The van der Waals surface area contributed by atoms with Crippen LogP contribution in [0.2, 0.25) is 0 Å². The maximum absolute atomic E-state index is 6.03. The third-order valence-corrected chi connectivity index (χ3v) is 6.72. The van der Waals surface area contributed by atoms with E-state index in [4.69, 9.17) is 10.7 Å². The minimum absolute atomic E-state index is 0.0568. The number of anilines is 3. The first-order chi connectivity index (χ1) is 14.9. The van der Waals surface area contributed by atoms with E-state index in [0.717, 1.165) is 52.6 Å². The van der Waals surface area contributed by atoms with E-state index >= 15 is 0 Å². The second-order valence-corrected chi connectivity index (χ2v) is 9.03. The zero-order valence-electron chi connectivity index (χ0n) is 18.6. The van der Waals surface area contributed by atoms with Crippen molar-refractivity contribution in [2.24, 2.45) is 0 Å².